The molecule has 0 aliphatic carbocycles. The van der Waals surface area contributed by atoms with Crippen molar-refractivity contribution in [3.8, 4) is 5.75 Å². The number of hydrogen-bond acceptors (Lipinski definition) is 9. The van der Waals surface area contributed by atoms with E-state index in [-0.39, 0.29) is 25.0 Å². The molecule has 13 heteroatoms. The average Bonchev–Trinajstić information content (AvgIpc) is 2.83. The molecule has 0 aromatic heterocycles. The molecule has 0 aliphatic rings. The lowest BCUT2D eigenvalue weighted by molar-refractivity contribution is -0.142. The Morgan fingerprint density at radius 3 is 1.83 bits per heavy atom. The molecule has 0 fully saturated rings. The van der Waals surface area contributed by atoms with Gasteiger partial charge in [0.2, 0.25) is 17.7 Å². The minimum Gasteiger partial charge on any atom is -0.508 e. The van der Waals surface area contributed by atoms with Gasteiger partial charge in [-0.25, -0.2) is 4.79 Å². The van der Waals surface area contributed by atoms with E-state index in [1.54, 1.807) is 12.1 Å². The number of carboxylic acid groups (broad SMARTS) is 1. The number of amides is 3. The summed E-state index contributed by atoms with van der Waals surface area (Å²) in [5.41, 5.74) is 6.30. The Morgan fingerprint density at radius 1 is 0.861 bits per heavy atom. The van der Waals surface area contributed by atoms with Crippen molar-refractivity contribution >= 4 is 47.2 Å². The van der Waals surface area contributed by atoms with Gasteiger partial charge in [-0.05, 0) is 61.5 Å². The maximum atomic E-state index is 13.1. The van der Waals surface area contributed by atoms with Crippen LogP contribution in [0.15, 0.2) is 24.3 Å². The lowest BCUT2D eigenvalue weighted by Gasteiger charge is -2.25. The molecule has 0 heterocycles. The van der Waals surface area contributed by atoms with Crippen molar-refractivity contribution < 1.29 is 34.5 Å². The van der Waals surface area contributed by atoms with E-state index in [1.165, 1.54) is 42.6 Å². The van der Waals surface area contributed by atoms with E-state index in [0.717, 1.165) is 0 Å². The van der Waals surface area contributed by atoms with Gasteiger partial charge in [-0.2, -0.15) is 23.5 Å². The number of phenols is 1. The molecule has 11 nitrogen and oxygen atoms in total. The largest absolute Gasteiger partial charge is 0.508 e. The van der Waals surface area contributed by atoms with Crippen LogP contribution in [0.25, 0.3) is 0 Å². The van der Waals surface area contributed by atoms with Gasteiger partial charge in [-0.3, -0.25) is 14.4 Å². The van der Waals surface area contributed by atoms with Crippen LogP contribution < -0.4 is 21.7 Å². The number of nitrogens with two attached hydrogens (primary N) is 1. The zero-order valence-corrected chi connectivity index (χ0v) is 22.2. The monoisotopic (exact) mass is 544 g/mol. The number of aliphatic hydroxyl groups excluding tert-OH is 1. The van der Waals surface area contributed by atoms with Gasteiger partial charge >= 0.3 is 5.97 Å². The number of carbonyl (C=O) groups is 4. The third kappa shape index (κ3) is 11.1. The number of thioether (sulfide) groups is 2. The third-order valence-corrected chi connectivity index (χ3v) is 6.59. The van der Waals surface area contributed by atoms with Gasteiger partial charge in [0, 0.05) is 6.42 Å². The highest BCUT2D eigenvalue weighted by Gasteiger charge is 2.31. The standard InChI is InChI=1S/C23H36N4O7S2/c1-13(28)19(24)22(32)25-16(8-10-35-2)20(30)27-18(12-14-4-6-15(29)7-5-14)21(31)26-17(23(33)34)9-11-36-3/h4-7,13,16-19,28-29H,8-12,24H2,1-3H3,(H,25,32)(H,26,31)(H,27,30)(H,33,34). The molecule has 3 amide bonds. The van der Waals surface area contributed by atoms with Crippen LogP contribution in [0.4, 0.5) is 0 Å². The molecule has 202 valence electrons. The van der Waals surface area contributed by atoms with Gasteiger partial charge < -0.3 is 37.0 Å². The number of carbonyl (C=O) groups excluding carboxylic acids is 3. The second-order valence-electron chi connectivity index (χ2n) is 8.22. The molecule has 0 saturated heterocycles. The van der Waals surface area contributed by atoms with Crippen LogP contribution in [0.2, 0.25) is 0 Å². The number of nitrogens with one attached hydrogen (secondary N) is 3. The minimum absolute atomic E-state index is 0.0170. The summed E-state index contributed by atoms with van der Waals surface area (Å²) in [4.78, 5) is 50.2. The molecular weight excluding hydrogens is 508 g/mol. The number of aliphatic hydroxyl groups is 1. The fourth-order valence-electron chi connectivity index (χ4n) is 3.11. The minimum atomic E-state index is -1.24. The number of hydrogen-bond donors (Lipinski definition) is 7. The third-order valence-electron chi connectivity index (χ3n) is 5.30. The number of carboxylic acids is 1. The molecular formula is C23H36N4O7S2. The first kappa shape index (κ1) is 31.5. The Morgan fingerprint density at radius 2 is 1.33 bits per heavy atom. The van der Waals surface area contributed by atoms with Crippen molar-refractivity contribution in [3.05, 3.63) is 29.8 Å². The summed E-state index contributed by atoms with van der Waals surface area (Å²) in [6.45, 7) is 1.36. The normalized spacial score (nSPS) is 15.1. The molecule has 5 atom stereocenters. The molecule has 0 spiro atoms. The number of aromatic hydroxyl groups is 1. The van der Waals surface area contributed by atoms with Gasteiger partial charge in [0.1, 0.15) is 29.9 Å². The van der Waals surface area contributed by atoms with Gasteiger partial charge in [-0.1, -0.05) is 12.1 Å². The lowest BCUT2D eigenvalue weighted by atomic mass is 10.0. The zero-order chi connectivity index (χ0) is 27.3. The topological polar surface area (TPSA) is 191 Å². The summed E-state index contributed by atoms with van der Waals surface area (Å²) in [7, 11) is 0. The molecule has 5 unspecified atom stereocenters. The van der Waals surface area contributed by atoms with Crippen LogP contribution in [0.3, 0.4) is 0 Å². The van der Waals surface area contributed by atoms with Crippen LogP contribution in [-0.2, 0) is 25.6 Å². The SMILES string of the molecule is CSCCC(NC(=O)C(Cc1ccc(O)cc1)NC(=O)C(CCSC)NC(=O)C(N)C(C)O)C(=O)O. The fourth-order valence-corrected chi connectivity index (χ4v) is 4.05. The summed E-state index contributed by atoms with van der Waals surface area (Å²) in [6, 6.07) is 1.47. The Hall–Kier alpha value is -2.48. The van der Waals surface area contributed by atoms with E-state index in [2.05, 4.69) is 16.0 Å². The van der Waals surface area contributed by atoms with Gasteiger partial charge in [0.15, 0.2) is 0 Å². The second-order valence-corrected chi connectivity index (χ2v) is 10.2. The molecule has 1 aromatic rings. The molecule has 8 N–H and O–H groups in total. The molecule has 1 aromatic carbocycles. The van der Waals surface area contributed by atoms with Gasteiger partial charge in [0.05, 0.1) is 6.10 Å². The molecule has 0 radical (unpaired) electrons. The first-order chi connectivity index (χ1) is 17.0. The summed E-state index contributed by atoms with van der Waals surface area (Å²) < 4.78 is 0. The second kappa shape index (κ2) is 16.3. The summed E-state index contributed by atoms with van der Waals surface area (Å²) in [6.07, 6.45) is 2.98. The van der Waals surface area contributed by atoms with E-state index < -0.39 is 54.0 Å². The van der Waals surface area contributed by atoms with E-state index in [4.69, 9.17) is 5.73 Å². The molecule has 1 rings (SSSR count). The van der Waals surface area contributed by atoms with E-state index in [9.17, 15) is 34.5 Å². The first-order valence-electron chi connectivity index (χ1n) is 11.3. The van der Waals surface area contributed by atoms with Crippen molar-refractivity contribution in [2.24, 2.45) is 5.73 Å². The molecule has 0 aliphatic heterocycles. The summed E-state index contributed by atoms with van der Waals surface area (Å²) in [5, 5.41) is 36.3. The van der Waals surface area contributed by atoms with Crippen molar-refractivity contribution in [1.82, 2.24) is 16.0 Å². The van der Waals surface area contributed by atoms with E-state index >= 15 is 0 Å². The quantitative estimate of drug-likeness (QED) is 0.145. The maximum absolute atomic E-state index is 13.1. The average molecular weight is 545 g/mol. The zero-order valence-electron chi connectivity index (χ0n) is 20.6. The van der Waals surface area contributed by atoms with E-state index in [0.29, 0.717) is 17.1 Å². The number of benzene rings is 1. The summed E-state index contributed by atoms with van der Waals surface area (Å²) in [5.74, 6) is -2.18. The van der Waals surface area contributed by atoms with Crippen LogP contribution in [0.5, 0.6) is 5.75 Å². The van der Waals surface area contributed by atoms with Crippen molar-refractivity contribution in [2.45, 2.75) is 56.5 Å². The fraction of sp³-hybridized carbons (Fsp3) is 0.565. The first-order valence-corrected chi connectivity index (χ1v) is 14.1. The predicted molar refractivity (Wildman–Crippen MR) is 141 cm³/mol. The van der Waals surface area contributed by atoms with Gasteiger partial charge in [-0.15, -0.1) is 0 Å². The number of rotatable bonds is 16. The van der Waals surface area contributed by atoms with E-state index in [1.807, 2.05) is 12.5 Å². The van der Waals surface area contributed by atoms with Crippen molar-refractivity contribution in [1.29, 1.82) is 0 Å². The maximum Gasteiger partial charge on any atom is 0.326 e. The highest BCUT2D eigenvalue weighted by Crippen LogP contribution is 2.13. The Labute approximate surface area is 219 Å². The van der Waals surface area contributed by atoms with Crippen molar-refractivity contribution in [3.63, 3.8) is 0 Å². The molecule has 0 saturated carbocycles. The van der Waals surface area contributed by atoms with Crippen LogP contribution in [0.1, 0.15) is 25.3 Å². The number of aliphatic carboxylic acids is 1. The number of phenolic OH excluding ortho intramolecular Hbond substituents is 1. The Balaban J connectivity index is 3.13. The van der Waals surface area contributed by atoms with Crippen LogP contribution in [0, 0.1) is 0 Å². The predicted octanol–water partition coefficient (Wildman–Crippen LogP) is -0.312. The smallest absolute Gasteiger partial charge is 0.326 e. The van der Waals surface area contributed by atoms with Crippen LogP contribution >= 0.6 is 23.5 Å². The lowest BCUT2D eigenvalue weighted by Crippen LogP contribution is -2.58. The highest BCUT2D eigenvalue weighted by atomic mass is 32.2. The highest BCUT2D eigenvalue weighted by molar-refractivity contribution is 7.98. The molecule has 36 heavy (non-hydrogen) atoms. The van der Waals surface area contributed by atoms with Crippen molar-refractivity contribution in [2.75, 3.05) is 24.0 Å². The van der Waals surface area contributed by atoms with Crippen LogP contribution in [-0.4, -0.2) is 93.3 Å². The Kier molecular flexibility index (Phi) is 14.3. The Bertz CT molecular complexity index is 871. The molecule has 0 bridgehead atoms. The van der Waals surface area contributed by atoms with Gasteiger partial charge in [0.25, 0.3) is 0 Å². The summed E-state index contributed by atoms with van der Waals surface area (Å²) >= 11 is 2.90.